The zero-order valence-electron chi connectivity index (χ0n) is 9.68. The van der Waals surface area contributed by atoms with Crippen LogP contribution in [0.15, 0.2) is 37.1 Å². The fourth-order valence-corrected chi connectivity index (χ4v) is 0.213. The molecule has 0 radical (unpaired) electrons. The summed E-state index contributed by atoms with van der Waals surface area (Å²) < 4.78 is 4.35. The molecule has 7 nitrogen and oxygen atoms in total. The Bertz CT molecular complexity index is 274. The van der Waals surface area contributed by atoms with Crippen LogP contribution in [0.1, 0.15) is 6.92 Å². The van der Waals surface area contributed by atoms with Crippen molar-refractivity contribution in [1.29, 1.82) is 0 Å². The van der Waals surface area contributed by atoms with E-state index in [1.165, 1.54) is 6.92 Å². The number of aliphatic hydroxyl groups excluding tert-OH is 1. The molecule has 0 aliphatic rings. The molecular weight excluding hydrogens is 228 g/mol. The summed E-state index contributed by atoms with van der Waals surface area (Å²) in [6.07, 6.45) is 1.02. The first-order chi connectivity index (χ1) is 7.81. The van der Waals surface area contributed by atoms with Gasteiger partial charge in [0.1, 0.15) is 12.4 Å². The highest BCUT2D eigenvalue weighted by atomic mass is 16.5. The molecule has 0 saturated carbocycles. The molecule has 0 aromatic rings. The van der Waals surface area contributed by atoms with E-state index in [2.05, 4.69) is 36.2 Å². The normalized spacial score (nSPS) is 7.24. The second kappa shape index (κ2) is 13.9. The Labute approximate surface area is 99.6 Å². The van der Waals surface area contributed by atoms with E-state index < -0.39 is 11.9 Å². The van der Waals surface area contributed by atoms with Crippen LogP contribution >= 0.6 is 0 Å². The van der Waals surface area contributed by atoms with Gasteiger partial charge in [-0.15, -0.1) is 0 Å². The highest BCUT2D eigenvalue weighted by Gasteiger charge is 1.94. The van der Waals surface area contributed by atoms with Crippen molar-refractivity contribution in [3.63, 3.8) is 0 Å². The molecule has 6 N–H and O–H groups in total. The van der Waals surface area contributed by atoms with E-state index >= 15 is 0 Å². The van der Waals surface area contributed by atoms with Crippen molar-refractivity contribution in [3.05, 3.63) is 37.1 Å². The number of esters is 1. The van der Waals surface area contributed by atoms with Gasteiger partial charge in [0.25, 0.3) is 0 Å². The molecule has 7 heteroatoms. The number of hydrogen-bond acceptors (Lipinski definition) is 6. The van der Waals surface area contributed by atoms with Crippen LogP contribution in [0.25, 0.3) is 0 Å². The highest BCUT2D eigenvalue weighted by Crippen LogP contribution is 1.85. The van der Waals surface area contributed by atoms with Crippen LogP contribution in [0, 0.1) is 0 Å². The number of carbonyl (C=O) groups excluding carboxylic acids is 1. The van der Waals surface area contributed by atoms with Crippen molar-refractivity contribution in [2.45, 2.75) is 6.92 Å². The van der Waals surface area contributed by atoms with Crippen molar-refractivity contribution >= 4 is 11.9 Å². The number of rotatable bonds is 4. The molecule has 0 aliphatic carbocycles. The Hall–Kier alpha value is -2.12. The number of nitrogens with two attached hydrogens (primary N) is 2. The van der Waals surface area contributed by atoms with Crippen molar-refractivity contribution < 1.29 is 24.5 Å². The van der Waals surface area contributed by atoms with Gasteiger partial charge in [0.05, 0.1) is 0 Å². The lowest BCUT2D eigenvalue weighted by molar-refractivity contribution is -0.137. The molecule has 17 heavy (non-hydrogen) atoms. The number of carbonyl (C=O) groups is 2. The minimum atomic E-state index is -0.935. The molecule has 0 bridgehead atoms. The monoisotopic (exact) mass is 246 g/mol. The molecule has 0 fully saturated rings. The van der Waals surface area contributed by atoms with Crippen LogP contribution in [0.5, 0.6) is 0 Å². The van der Waals surface area contributed by atoms with E-state index in [4.69, 9.17) is 10.2 Å². The molecule has 0 amide bonds. The Morgan fingerprint density at radius 2 is 1.65 bits per heavy atom. The van der Waals surface area contributed by atoms with Crippen LogP contribution in [-0.2, 0) is 14.3 Å². The first-order valence-electron chi connectivity index (χ1n) is 4.19. The average Bonchev–Trinajstić information content (AvgIpc) is 2.29. The van der Waals surface area contributed by atoms with Crippen molar-refractivity contribution in [1.82, 2.24) is 0 Å². The number of carboxylic acids is 1. The first-order valence-corrected chi connectivity index (χ1v) is 4.19. The number of hydrogen-bond donors (Lipinski definition) is 4. The third-order valence-electron chi connectivity index (χ3n) is 0.913. The molecule has 0 atom stereocenters. The largest absolute Gasteiger partial charge is 0.509 e. The van der Waals surface area contributed by atoms with Crippen LogP contribution in [0.2, 0.25) is 0 Å². The van der Waals surface area contributed by atoms with Crippen LogP contribution in [0.3, 0.4) is 0 Å². The van der Waals surface area contributed by atoms with Gasteiger partial charge in [-0.3, -0.25) is 11.7 Å². The van der Waals surface area contributed by atoms with Crippen molar-refractivity contribution in [2.24, 2.45) is 11.7 Å². The van der Waals surface area contributed by atoms with Gasteiger partial charge in [-0.05, 0) is 6.92 Å². The van der Waals surface area contributed by atoms with Gasteiger partial charge < -0.3 is 14.9 Å². The van der Waals surface area contributed by atoms with E-state index in [1.807, 2.05) is 0 Å². The molecule has 0 aromatic heterocycles. The summed E-state index contributed by atoms with van der Waals surface area (Å²) in [5.41, 5.74) is 0.176. The number of hydrazine groups is 1. The lowest BCUT2D eigenvalue weighted by Gasteiger charge is -1.97. The van der Waals surface area contributed by atoms with E-state index in [0.717, 1.165) is 6.08 Å². The van der Waals surface area contributed by atoms with E-state index in [1.54, 1.807) is 0 Å². The minimum absolute atomic E-state index is 0.162. The molecule has 0 aliphatic heterocycles. The van der Waals surface area contributed by atoms with Gasteiger partial charge in [-0.2, -0.15) is 0 Å². The predicted octanol–water partition coefficient (Wildman–Crippen LogP) is 0.253. The Balaban J connectivity index is -0.000000213. The highest BCUT2D eigenvalue weighted by molar-refractivity contribution is 5.84. The van der Waals surface area contributed by atoms with Gasteiger partial charge in [0.2, 0.25) is 0 Å². The average molecular weight is 246 g/mol. The summed E-state index contributed by atoms with van der Waals surface area (Å²) in [7, 11) is 0. The summed E-state index contributed by atoms with van der Waals surface area (Å²) in [6.45, 7) is 10.7. The lowest BCUT2D eigenvalue weighted by atomic mass is 10.4. The number of aliphatic carboxylic acids is 1. The zero-order chi connectivity index (χ0) is 14.4. The van der Waals surface area contributed by atoms with Gasteiger partial charge in [-0.25, -0.2) is 9.59 Å². The van der Waals surface area contributed by atoms with E-state index in [9.17, 15) is 9.59 Å². The summed E-state index contributed by atoms with van der Waals surface area (Å²) in [4.78, 5) is 19.8. The van der Waals surface area contributed by atoms with Crippen molar-refractivity contribution in [3.8, 4) is 0 Å². The SMILES string of the molecule is C=C(C)C(=O)O.C=CC(=O)OCC(=C)O.NN. The third-order valence-corrected chi connectivity index (χ3v) is 0.913. The maximum atomic E-state index is 10.2. The second-order valence-corrected chi connectivity index (χ2v) is 2.46. The van der Waals surface area contributed by atoms with Gasteiger partial charge in [0.15, 0.2) is 0 Å². The van der Waals surface area contributed by atoms with Crippen molar-refractivity contribution in [2.75, 3.05) is 6.61 Å². The van der Waals surface area contributed by atoms with E-state index in [0.29, 0.717) is 0 Å². The zero-order valence-corrected chi connectivity index (χ0v) is 9.68. The Morgan fingerprint density at radius 1 is 1.29 bits per heavy atom. The van der Waals surface area contributed by atoms with E-state index in [-0.39, 0.29) is 17.9 Å². The van der Waals surface area contributed by atoms with Gasteiger partial charge in [-0.1, -0.05) is 19.7 Å². The molecular formula is C10H18N2O5. The second-order valence-electron chi connectivity index (χ2n) is 2.46. The quantitative estimate of drug-likeness (QED) is 0.183. The predicted molar refractivity (Wildman–Crippen MR) is 63.7 cm³/mol. The molecule has 0 unspecified atom stereocenters. The topological polar surface area (TPSA) is 136 Å². The fourth-order valence-electron chi connectivity index (χ4n) is 0.213. The van der Waals surface area contributed by atoms with Gasteiger partial charge >= 0.3 is 11.9 Å². The number of carboxylic acid groups (broad SMARTS) is 1. The van der Waals surface area contributed by atoms with Crippen LogP contribution in [0.4, 0.5) is 0 Å². The third kappa shape index (κ3) is 24.8. The molecule has 0 saturated heterocycles. The summed E-state index contributed by atoms with van der Waals surface area (Å²) >= 11 is 0. The smallest absolute Gasteiger partial charge is 0.330 e. The lowest BCUT2D eigenvalue weighted by Crippen LogP contribution is -2.02. The molecule has 0 aromatic carbocycles. The number of ether oxygens (including phenoxy) is 1. The van der Waals surface area contributed by atoms with Crippen LogP contribution < -0.4 is 11.7 Å². The minimum Gasteiger partial charge on any atom is -0.509 e. The maximum absolute atomic E-state index is 10.2. The Morgan fingerprint density at radius 3 is 1.82 bits per heavy atom. The molecule has 98 valence electrons. The summed E-state index contributed by atoms with van der Waals surface area (Å²) in [5.74, 6) is 6.32. The standard InChI is InChI=1S/C6H8O3.C4H6O2.H4N2/c1-3-6(8)9-4-5(2)7;1-3(2)4(5)6;1-2/h3,7H,1-2,4H2;1H2,2H3,(H,5,6);1-2H2. The molecule has 0 spiro atoms. The number of aliphatic hydroxyl groups is 1. The summed E-state index contributed by atoms with van der Waals surface area (Å²) in [6, 6.07) is 0. The summed E-state index contributed by atoms with van der Waals surface area (Å²) in [5, 5.41) is 16.3. The molecule has 0 rings (SSSR count). The van der Waals surface area contributed by atoms with Gasteiger partial charge in [0, 0.05) is 11.6 Å². The Kier molecular flexibility index (Phi) is 16.6. The maximum Gasteiger partial charge on any atom is 0.330 e. The molecule has 0 heterocycles. The van der Waals surface area contributed by atoms with Crippen LogP contribution in [-0.4, -0.2) is 28.8 Å². The fraction of sp³-hybridized carbons (Fsp3) is 0.200. The first kappa shape index (κ1) is 20.3.